The zero-order valence-corrected chi connectivity index (χ0v) is 23.7. The number of likely N-dealkylation sites (tertiary alicyclic amines) is 1. The standard InChI is InChI=1S/C31H45N5O3/c1-4-8-26-11-12-27-29(26)36(23-33-27)19-25-10-5-6-16-35(30(37)38-18-13-25)22-31(3)14-17-34(21-31)28-20-39-24(2)9-7-15-32-28/h4,7,9,11-12,15,23-25,28-29H,1,5-6,8,10,13-14,16-22H2,2-3H3/t24-,25?,28?,29?,31?/m1/s1. The molecule has 0 aromatic carbocycles. The van der Waals surface area contributed by atoms with Gasteiger partial charge in [-0.15, -0.1) is 6.58 Å². The summed E-state index contributed by atoms with van der Waals surface area (Å²) in [6, 6.07) is 0.253. The Morgan fingerprint density at radius 2 is 2.13 bits per heavy atom. The Morgan fingerprint density at radius 3 is 3.00 bits per heavy atom. The van der Waals surface area contributed by atoms with Gasteiger partial charge >= 0.3 is 6.09 Å². The van der Waals surface area contributed by atoms with Crippen molar-refractivity contribution < 1.29 is 14.3 Å². The lowest BCUT2D eigenvalue weighted by Gasteiger charge is -2.34. The average Bonchev–Trinajstić information content (AvgIpc) is 3.60. The highest BCUT2D eigenvalue weighted by Gasteiger charge is 2.40. The maximum absolute atomic E-state index is 13.2. The number of hydrogen-bond acceptors (Lipinski definition) is 7. The highest BCUT2D eigenvalue weighted by Crippen LogP contribution is 2.35. The quantitative estimate of drug-likeness (QED) is 0.438. The molecule has 1 amide bonds. The summed E-state index contributed by atoms with van der Waals surface area (Å²) in [4.78, 5) is 29.3. The Balaban J connectivity index is 1.12. The van der Waals surface area contributed by atoms with Crippen LogP contribution in [0.1, 0.15) is 52.4 Å². The third-order valence-electron chi connectivity index (χ3n) is 8.75. The predicted molar refractivity (Wildman–Crippen MR) is 156 cm³/mol. The van der Waals surface area contributed by atoms with E-state index in [1.807, 2.05) is 35.7 Å². The van der Waals surface area contributed by atoms with Crippen molar-refractivity contribution in [2.75, 3.05) is 45.9 Å². The average molecular weight is 536 g/mol. The third kappa shape index (κ3) is 6.90. The van der Waals surface area contributed by atoms with Crippen LogP contribution in [0.3, 0.4) is 0 Å². The fourth-order valence-electron chi connectivity index (χ4n) is 6.56. The molecule has 212 valence electrons. The molecular weight excluding hydrogens is 490 g/mol. The number of carbonyl (C=O) groups is 1. The largest absolute Gasteiger partial charge is 0.449 e. The summed E-state index contributed by atoms with van der Waals surface area (Å²) in [5.74, 6) is 0.478. The number of ether oxygens (including phenoxy) is 2. The van der Waals surface area contributed by atoms with Crippen molar-refractivity contribution in [2.24, 2.45) is 21.3 Å². The maximum Gasteiger partial charge on any atom is 0.409 e. The van der Waals surface area contributed by atoms with E-state index < -0.39 is 0 Å². The van der Waals surface area contributed by atoms with Gasteiger partial charge in [0.15, 0.2) is 0 Å². The molecule has 4 heterocycles. The number of nitrogens with zero attached hydrogens (tertiary/aromatic N) is 5. The highest BCUT2D eigenvalue weighted by atomic mass is 16.6. The van der Waals surface area contributed by atoms with E-state index in [1.54, 1.807) is 0 Å². The van der Waals surface area contributed by atoms with Crippen LogP contribution in [0.2, 0.25) is 0 Å². The first-order chi connectivity index (χ1) is 18.9. The molecule has 5 atom stereocenters. The summed E-state index contributed by atoms with van der Waals surface area (Å²) in [6.45, 7) is 13.6. The van der Waals surface area contributed by atoms with Crippen LogP contribution in [-0.2, 0) is 9.47 Å². The number of aliphatic imine (C=N–C) groups is 2. The molecule has 5 aliphatic rings. The van der Waals surface area contributed by atoms with Gasteiger partial charge in [-0.1, -0.05) is 31.6 Å². The molecule has 39 heavy (non-hydrogen) atoms. The van der Waals surface area contributed by atoms with Gasteiger partial charge in [-0.25, -0.2) is 9.79 Å². The molecule has 0 N–H and O–H groups in total. The number of hydrogen-bond donors (Lipinski definition) is 0. The van der Waals surface area contributed by atoms with Crippen LogP contribution >= 0.6 is 0 Å². The molecule has 5 rings (SSSR count). The zero-order valence-electron chi connectivity index (χ0n) is 23.7. The van der Waals surface area contributed by atoms with Gasteiger partial charge in [0.05, 0.1) is 37.4 Å². The smallest absolute Gasteiger partial charge is 0.409 e. The van der Waals surface area contributed by atoms with Crippen molar-refractivity contribution in [2.45, 2.75) is 70.7 Å². The Labute approximate surface area is 233 Å². The summed E-state index contributed by atoms with van der Waals surface area (Å²) >= 11 is 0. The van der Waals surface area contributed by atoms with Crippen LogP contribution in [0, 0.1) is 11.3 Å². The third-order valence-corrected chi connectivity index (χ3v) is 8.75. The van der Waals surface area contributed by atoms with Crippen LogP contribution in [-0.4, -0.2) is 97.6 Å². The minimum atomic E-state index is -0.165. The second-order valence-electron chi connectivity index (χ2n) is 12.1. The first-order valence-electron chi connectivity index (χ1n) is 14.7. The summed E-state index contributed by atoms with van der Waals surface area (Å²) < 4.78 is 11.8. The minimum Gasteiger partial charge on any atom is -0.449 e. The van der Waals surface area contributed by atoms with Crippen LogP contribution in [0.15, 0.2) is 58.2 Å². The van der Waals surface area contributed by atoms with E-state index in [0.717, 1.165) is 76.9 Å². The summed E-state index contributed by atoms with van der Waals surface area (Å²) in [5.41, 5.74) is 2.51. The molecule has 0 aromatic heterocycles. The van der Waals surface area contributed by atoms with Crippen molar-refractivity contribution in [3.8, 4) is 0 Å². The van der Waals surface area contributed by atoms with Crippen LogP contribution in [0.4, 0.5) is 4.79 Å². The van der Waals surface area contributed by atoms with Crippen molar-refractivity contribution in [1.82, 2.24) is 14.7 Å². The van der Waals surface area contributed by atoms with Crippen molar-refractivity contribution in [3.05, 3.63) is 48.2 Å². The summed E-state index contributed by atoms with van der Waals surface area (Å²) in [5, 5.41) is 0. The number of carbonyl (C=O) groups excluding carboxylic acids is 1. The van der Waals surface area contributed by atoms with Crippen LogP contribution in [0.5, 0.6) is 0 Å². The number of cyclic esters (lactones) is 1. The zero-order chi connectivity index (χ0) is 27.2. The van der Waals surface area contributed by atoms with Gasteiger partial charge in [0, 0.05) is 38.9 Å². The first-order valence-corrected chi connectivity index (χ1v) is 14.7. The van der Waals surface area contributed by atoms with Gasteiger partial charge in [0.1, 0.15) is 6.17 Å². The molecule has 2 fully saturated rings. The fraction of sp³-hybridized carbons (Fsp3) is 0.645. The van der Waals surface area contributed by atoms with E-state index in [1.165, 1.54) is 5.57 Å². The molecular formula is C31H45N5O3. The molecule has 4 unspecified atom stereocenters. The van der Waals surface area contributed by atoms with Gasteiger partial charge in [0.25, 0.3) is 0 Å². The topological polar surface area (TPSA) is 70.0 Å². The number of amides is 1. The van der Waals surface area contributed by atoms with Crippen molar-refractivity contribution in [1.29, 1.82) is 0 Å². The molecule has 0 saturated carbocycles. The molecule has 0 radical (unpaired) electrons. The van der Waals surface area contributed by atoms with Crippen LogP contribution in [0.25, 0.3) is 0 Å². The Morgan fingerprint density at radius 1 is 1.23 bits per heavy atom. The maximum atomic E-state index is 13.2. The monoisotopic (exact) mass is 535 g/mol. The molecule has 0 aromatic rings. The SMILES string of the molecule is C=CCC1=CC=C2N=CN(CC3CCCCN(CC4(C)CCN(C5CO[C@H](C)C=CC=N5)C4)C(=O)OCC3)C12. The van der Waals surface area contributed by atoms with Crippen LogP contribution < -0.4 is 0 Å². The van der Waals surface area contributed by atoms with E-state index in [4.69, 9.17) is 14.5 Å². The van der Waals surface area contributed by atoms with Gasteiger partial charge in [-0.2, -0.15) is 0 Å². The molecule has 0 bridgehead atoms. The Kier molecular flexibility index (Phi) is 9.03. The lowest BCUT2D eigenvalue weighted by molar-refractivity contribution is 0.0399. The predicted octanol–water partition coefficient (Wildman–Crippen LogP) is 4.81. The van der Waals surface area contributed by atoms with Gasteiger partial charge in [-0.05, 0) is 68.1 Å². The summed E-state index contributed by atoms with van der Waals surface area (Å²) in [7, 11) is 0. The fourth-order valence-corrected chi connectivity index (χ4v) is 6.56. The van der Waals surface area contributed by atoms with Crippen molar-refractivity contribution in [3.63, 3.8) is 0 Å². The lowest BCUT2D eigenvalue weighted by Crippen LogP contribution is -2.44. The van der Waals surface area contributed by atoms with E-state index in [9.17, 15) is 4.79 Å². The first kappa shape index (κ1) is 27.8. The van der Waals surface area contributed by atoms with E-state index in [2.05, 4.69) is 47.4 Å². The molecule has 8 nitrogen and oxygen atoms in total. The van der Waals surface area contributed by atoms with Crippen molar-refractivity contribution >= 4 is 18.6 Å². The van der Waals surface area contributed by atoms with E-state index in [-0.39, 0.29) is 29.8 Å². The Hall–Kier alpha value is -2.71. The normalized spacial score (nSPS) is 33.8. The number of fused-ring (bicyclic) bond motifs is 1. The minimum absolute atomic E-state index is 0.0171. The van der Waals surface area contributed by atoms with E-state index in [0.29, 0.717) is 19.1 Å². The number of rotatable bonds is 7. The number of allylic oxidation sites excluding steroid dienone is 4. The highest BCUT2D eigenvalue weighted by molar-refractivity contribution is 5.71. The molecule has 2 saturated heterocycles. The van der Waals surface area contributed by atoms with Gasteiger partial charge in [0.2, 0.25) is 0 Å². The molecule has 1 aliphatic carbocycles. The Bertz CT molecular complexity index is 1050. The second kappa shape index (κ2) is 12.6. The lowest BCUT2D eigenvalue weighted by atomic mass is 9.89. The molecule has 8 heteroatoms. The second-order valence-corrected chi connectivity index (χ2v) is 12.1. The molecule has 0 spiro atoms. The van der Waals surface area contributed by atoms with E-state index >= 15 is 0 Å². The molecule has 4 aliphatic heterocycles. The summed E-state index contributed by atoms with van der Waals surface area (Å²) in [6.07, 6.45) is 20.2. The van der Waals surface area contributed by atoms with Gasteiger partial charge in [-0.3, -0.25) is 9.89 Å². The van der Waals surface area contributed by atoms with Gasteiger partial charge < -0.3 is 19.3 Å².